The van der Waals surface area contributed by atoms with Crippen LogP contribution >= 0.6 is 11.3 Å². The van der Waals surface area contributed by atoms with Crippen molar-refractivity contribution in [2.24, 2.45) is 5.73 Å². The number of nitrogens with two attached hydrogens (primary N) is 1. The van der Waals surface area contributed by atoms with Crippen molar-refractivity contribution in [3.05, 3.63) is 64.0 Å². The fourth-order valence-electron chi connectivity index (χ4n) is 2.08. The van der Waals surface area contributed by atoms with Gasteiger partial charge in [-0.3, -0.25) is 4.98 Å². The molecule has 1 atom stereocenters. The van der Waals surface area contributed by atoms with Crippen LogP contribution in [0.25, 0.3) is 10.9 Å². The Morgan fingerprint density at radius 1 is 1.11 bits per heavy atom. The second-order valence-corrected chi connectivity index (χ2v) is 5.22. The lowest BCUT2D eigenvalue weighted by atomic mass is 10.0. The molecule has 3 rings (SSSR count). The second kappa shape index (κ2) is 4.52. The first-order chi connectivity index (χ1) is 8.74. The number of aryl methyl sites for hydroxylation is 1. The predicted octanol–water partition coefficient (Wildman–Crippen LogP) is 3.65. The summed E-state index contributed by atoms with van der Waals surface area (Å²) >= 11 is 1.68. The van der Waals surface area contributed by atoms with Gasteiger partial charge in [-0.05, 0) is 53.1 Å². The van der Waals surface area contributed by atoms with Gasteiger partial charge < -0.3 is 5.73 Å². The lowest BCUT2D eigenvalue weighted by Crippen LogP contribution is -2.10. The minimum Gasteiger partial charge on any atom is -0.320 e. The van der Waals surface area contributed by atoms with E-state index >= 15 is 0 Å². The third kappa shape index (κ3) is 2.03. The van der Waals surface area contributed by atoms with Gasteiger partial charge >= 0.3 is 0 Å². The van der Waals surface area contributed by atoms with E-state index in [-0.39, 0.29) is 6.04 Å². The van der Waals surface area contributed by atoms with Gasteiger partial charge in [0.1, 0.15) is 0 Å². The van der Waals surface area contributed by atoms with Gasteiger partial charge in [0.15, 0.2) is 0 Å². The highest BCUT2D eigenvalue weighted by Gasteiger charge is 2.09. The summed E-state index contributed by atoms with van der Waals surface area (Å²) in [6.45, 7) is 2.00. The molecule has 3 heteroatoms. The Morgan fingerprint density at radius 2 is 2.00 bits per heavy atom. The zero-order valence-electron chi connectivity index (χ0n) is 10.1. The molecular formula is C15H14N2S. The topological polar surface area (TPSA) is 38.9 Å². The van der Waals surface area contributed by atoms with Gasteiger partial charge in [-0.1, -0.05) is 12.1 Å². The number of fused-ring (bicyclic) bond motifs is 1. The smallest absolute Gasteiger partial charge is 0.0705 e. The van der Waals surface area contributed by atoms with Crippen molar-refractivity contribution >= 4 is 22.2 Å². The molecule has 0 bridgehead atoms. The number of nitrogens with zero attached hydrogens (tertiary/aromatic N) is 1. The standard InChI is InChI=1S/C15H14N2S/c1-10-2-3-11-8-12(4-5-14(11)17-10)15(16)13-6-7-18-9-13/h2-9,15H,16H2,1H3. The largest absolute Gasteiger partial charge is 0.320 e. The zero-order valence-corrected chi connectivity index (χ0v) is 10.9. The van der Waals surface area contributed by atoms with Crippen molar-refractivity contribution in [2.75, 3.05) is 0 Å². The first-order valence-corrected chi connectivity index (χ1v) is 6.83. The molecule has 0 aliphatic heterocycles. The van der Waals surface area contributed by atoms with E-state index in [9.17, 15) is 0 Å². The molecule has 1 aromatic carbocycles. The Balaban J connectivity index is 2.06. The molecule has 2 heterocycles. The minimum atomic E-state index is -0.0537. The molecule has 0 saturated heterocycles. The summed E-state index contributed by atoms with van der Waals surface area (Å²) in [7, 11) is 0. The van der Waals surface area contributed by atoms with Crippen molar-refractivity contribution in [2.45, 2.75) is 13.0 Å². The average molecular weight is 254 g/mol. The maximum absolute atomic E-state index is 6.27. The van der Waals surface area contributed by atoms with E-state index in [2.05, 4.69) is 40.0 Å². The summed E-state index contributed by atoms with van der Waals surface area (Å²) in [6, 6.07) is 12.4. The average Bonchev–Trinajstić information content (AvgIpc) is 2.91. The normalized spacial score (nSPS) is 12.8. The van der Waals surface area contributed by atoms with Crippen LogP contribution in [-0.2, 0) is 0 Å². The van der Waals surface area contributed by atoms with Crippen molar-refractivity contribution in [3.8, 4) is 0 Å². The molecule has 0 radical (unpaired) electrons. The molecule has 0 aliphatic carbocycles. The predicted molar refractivity (Wildman–Crippen MR) is 76.8 cm³/mol. The molecule has 90 valence electrons. The van der Waals surface area contributed by atoms with Gasteiger partial charge in [0.25, 0.3) is 0 Å². The summed E-state index contributed by atoms with van der Waals surface area (Å²) in [5.74, 6) is 0. The van der Waals surface area contributed by atoms with Crippen LogP contribution in [0.15, 0.2) is 47.2 Å². The summed E-state index contributed by atoms with van der Waals surface area (Å²) in [6.07, 6.45) is 0. The first-order valence-electron chi connectivity index (χ1n) is 5.89. The zero-order chi connectivity index (χ0) is 12.5. The van der Waals surface area contributed by atoms with Crippen LogP contribution in [-0.4, -0.2) is 4.98 Å². The van der Waals surface area contributed by atoms with Crippen LogP contribution in [0.3, 0.4) is 0 Å². The lowest BCUT2D eigenvalue weighted by Gasteiger charge is -2.11. The highest BCUT2D eigenvalue weighted by atomic mass is 32.1. The molecule has 2 aromatic heterocycles. The van der Waals surface area contributed by atoms with Crippen LogP contribution in [0.4, 0.5) is 0 Å². The quantitative estimate of drug-likeness (QED) is 0.758. The van der Waals surface area contributed by atoms with E-state index in [1.54, 1.807) is 11.3 Å². The van der Waals surface area contributed by atoms with Crippen LogP contribution in [0.1, 0.15) is 22.9 Å². The minimum absolute atomic E-state index is 0.0537. The Kier molecular flexibility index (Phi) is 2.86. The Bertz CT molecular complexity index is 674. The molecule has 0 aliphatic rings. The molecule has 18 heavy (non-hydrogen) atoms. The third-order valence-corrected chi connectivity index (χ3v) is 3.82. The van der Waals surface area contributed by atoms with Crippen molar-refractivity contribution in [1.82, 2.24) is 4.98 Å². The summed E-state index contributed by atoms with van der Waals surface area (Å²) < 4.78 is 0. The molecular weight excluding hydrogens is 240 g/mol. The van der Waals surface area contributed by atoms with Crippen LogP contribution in [0.2, 0.25) is 0 Å². The Hall–Kier alpha value is -1.71. The van der Waals surface area contributed by atoms with Crippen LogP contribution < -0.4 is 5.73 Å². The van der Waals surface area contributed by atoms with Gasteiger partial charge in [0.2, 0.25) is 0 Å². The maximum atomic E-state index is 6.27. The number of aromatic nitrogens is 1. The molecule has 0 spiro atoms. The van der Waals surface area contributed by atoms with Gasteiger partial charge in [0.05, 0.1) is 11.6 Å². The van der Waals surface area contributed by atoms with E-state index in [0.717, 1.165) is 22.2 Å². The van der Waals surface area contributed by atoms with Gasteiger partial charge in [-0.25, -0.2) is 0 Å². The molecule has 2 N–H and O–H groups in total. The maximum Gasteiger partial charge on any atom is 0.0705 e. The van der Waals surface area contributed by atoms with E-state index in [1.165, 1.54) is 5.56 Å². The van der Waals surface area contributed by atoms with E-state index in [0.29, 0.717) is 0 Å². The molecule has 0 saturated carbocycles. The van der Waals surface area contributed by atoms with Crippen LogP contribution in [0.5, 0.6) is 0 Å². The van der Waals surface area contributed by atoms with Gasteiger partial charge in [0, 0.05) is 11.1 Å². The molecule has 1 unspecified atom stereocenters. The number of hydrogen-bond acceptors (Lipinski definition) is 3. The highest BCUT2D eigenvalue weighted by molar-refractivity contribution is 7.08. The highest BCUT2D eigenvalue weighted by Crippen LogP contribution is 2.24. The lowest BCUT2D eigenvalue weighted by molar-refractivity contribution is 0.879. The fourth-order valence-corrected chi connectivity index (χ4v) is 2.78. The Morgan fingerprint density at radius 3 is 2.78 bits per heavy atom. The van der Waals surface area contributed by atoms with Crippen molar-refractivity contribution in [3.63, 3.8) is 0 Å². The number of thiophene rings is 1. The second-order valence-electron chi connectivity index (χ2n) is 4.44. The van der Waals surface area contributed by atoms with Gasteiger partial charge in [-0.2, -0.15) is 11.3 Å². The third-order valence-electron chi connectivity index (χ3n) is 3.11. The number of rotatable bonds is 2. The molecule has 0 amide bonds. The van der Waals surface area contributed by atoms with Crippen molar-refractivity contribution in [1.29, 1.82) is 0 Å². The summed E-state index contributed by atoms with van der Waals surface area (Å²) in [5.41, 5.74) is 10.6. The SMILES string of the molecule is Cc1ccc2cc(C(N)c3ccsc3)ccc2n1. The molecule has 2 nitrogen and oxygen atoms in total. The Labute approximate surface area is 110 Å². The number of pyridine rings is 1. The number of hydrogen-bond donors (Lipinski definition) is 1. The fraction of sp³-hybridized carbons (Fsp3) is 0.133. The summed E-state index contributed by atoms with van der Waals surface area (Å²) in [4.78, 5) is 4.50. The molecule has 0 fully saturated rings. The first kappa shape index (κ1) is 11.4. The van der Waals surface area contributed by atoms with Crippen molar-refractivity contribution < 1.29 is 0 Å². The molecule has 3 aromatic rings. The van der Waals surface area contributed by atoms with E-state index < -0.39 is 0 Å². The van der Waals surface area contributed by atoms with Gasteiger partial charge in [-0.15, -0.1) is 0 Å². The summed E-state index contributed by atoms with van der Waals surface area (Å²) in [5, 5.41) is 5.30. The van der Waals surface area contributed by atoms with Crippen LogP contribution in [0, 0.1) is 6.92 Å². The monoisotopic (exact) mass is 254 g/mol. The van der Waals surface area contributed by atoms with E-state index in [4.69, 9.17) is 5.73 Å². The number of benzene rings is 1. The van der Waals surface area contributed by atoms with E-state index in [1.807, 2.05) is 19.1 Å².